The van der Waals surface area contributed by atoms with Crippen molar-refractivity contribution < 1.29 is 14.3 Å². The molecule has 1 aromatic heterocycles. The number of rotatable bonds is 7. The van der Waals surface area contributed by atoms with Crippen LogP contribution in [0, 0.1) is 0 Å². The third-order valence-corrected chi connectivity index (χ3v) is 4.33. The fourth-order valence-electron chi connectivity index (χ4n) is 2.09. The summed E-state index contributed by atoms with van der Waals surface area (Å²) < 4.78 is 10.4. The zero-order chi connectivity index (χ0) is 15.5. The maximum absolute atomic E-state index is 12.3. The lowest BCUT2D eigenvalue weighted by molar-refractivity contribution is 0.102. The fraction of sp³-hybridized carbons (Fsp3) is 0.400. The van der Waals surface area contributed by atoms with E-state index in [-0.39, 0.29) is 11.5 Å². The summed E-state index contributed by atoms with van der Waals surface area (Å²) in [5.41, 5.74) is 0.586. The first-order valence-electron chi connectivity index (χ1n) is 7.01. The number of ketones is 1. The molecule has 0 spiro atoms. The van der Waals surface area contributed by atoms with E-state index in [0.29, 0.717) is 28.1 Å². The smallest absolute Gasteiger partial charge is 0.208 e. The van der Waals surface area contributed by atoms with Crippen molar-refractivity contribution in [3.63, 3.8) is 0 Å². The lowest BCUT2D eigenvalue weighted by Gasteiger charge is -2.08. The molecular formula is C15H17N3O3S. The summed E-state index contributed by atoms with van der Waals surface area (Å²) in [4.78, 5) is 16.7. The van der Waals surface area contributed by atoms with Gasteiger partial charge in [0.1, 0.15) is 5.82 Å². The second-order valence-corrected chi connectivity index (χ2v) is 6.00. The van der Waals surface area contributed by atoms with Gasteiger partial charge in [-0.05, 0) is 31.0 Å². The molecule has 1 heterocycles. The molecule has 0 atom stereocenters. The normalized spacial score (nSPS) is 13.9. The zero-order valence-electron chi connectivity index (χ0n) is 12.5. The van der Waals surface area contributed by atoms with Gasteiger partial charge in [0.05, 0.1) is 20.0 Å². The van der Waals surface area contributed by atoms with Crippen LogP contribution in [0.3, 0.4) is 0 Å². The van der Waals surface area contributed by atoms with E-state index in [1.165, 1.54) is 24.6 Å². The number of aromatic amines is 1. The van der Waals surface area contributed by atoms with Crippen LogP contribution in [-0.4, -0.2) is 40.9 Å². The summed E-state index contributed by atoms with van der Waals surface area (Å²) in [6, 6.07) is 5.15. The van der Waals surface area contributed by atoms with Crippen molar-refractivity contribution in [2.45, 2.75) is 23.9 Å². The minimum atomic E-state index is 0.00345. The van der Waals surface area contributed by atoms with Gasteiger partial charge in [0, 0.05) is 11.5 Å². The summed E-state index contributed by atoms with van der Waals surface area (Å²) in [6.07, 6.45) is 2.34. The van der Waals surface area contributed by atoms with Crippen LogP contribution in [0.25, 0.3) is 0 Å². The third kappa shape index (κ3) is 3.24. The molecule has 22 heavy (non-hydrogen) atoms. The first-order chi connectivity index (χ1) is 10.7. The van der Waals surface area contributed by atoms with Crippen molar-refractivity contribution in [2.75, 3.05) is 20.0 Å². The van der Waals surface area contributed by atoms with E-state index in [4.69, 9.17) is 9.47 Å². The highest BCUT2D eigenvalue weighted by Crippen LogP contribution is 2.38. The van der Waals surface area contributed by atoms with Crippen LogP contribution in [0.2, 0.25) is 0 Å². The molecule has 7 heteroatoms. The number of H-pyrrole nitrogens is 1. The van der Waals surface area contributed by atoms with Crippen molar-refractivity contribution in [2.24, 2.45) is 0 Å². The fourth-order valence-corrected chi connectivity index (χ4v) is 2.79. The number of carbonyl (C=O) groups is 1. The van der Waals surface area contributed by atoms with E-state index >= 15 is 0 Å². The Labute approximate surface area is 132 Å². The lowest BCUT2D eigenvalue weighted by atomic mass is 10.1. The quantitative estimate of drug-likeness (QED) is 0.624. The number of hydrogen-bond donors (Lipinski definition) is 1. The number of hydrogen-bond acceptors (Lipinski definition) is 6. The molecule has 1 aromatic carbocycles. The highest BCUT2D eigenvalue weighted by atomic mass is 32.2. The first-order valence-corrected chi connectivity index (χ1v) is 8.00. The number of benzene rings is 1. The van der Waals surface area contributed by atoms with Gasteiger partial charge in [0.2, 0.25) is 5.16 Å². The molecule has 116 valence electrons. The summed E-state index contributed by atoms with van der Waals surface area (Å²) in [5, 5.41) is 7.69. The van der Waals surface area contributed by atoms with E-state index < -0.39 is 0 Å². The second-order valence-electron chi connectivity index (χ2n) is 5.06. The molecule has 0 amide bonds. The van der Waals surface area contributed by atoms with Gasteiger partial charge in [0.25, 0.3) is 0 Å². The molecule has 3 rings (SSSR count). The monoisotopic (exact) mass is 319 g/mol. The van der Waals surface area contributed by atoms with Crippen LogP contribution in [-0.2, 0) is 0 Å². The van der Waals surface area contributed by atoms with E-state index in [0.717, 1.165) is 5.82 Å². The molecule has 0 saturated heterocycles. The van der Waals surface area contributed by atoms with Gasteiger partial charge in [-0.1, -0.05) is 11.8 Å². The molecule has 1 fully saturated rings. The minimum absolute atomic E-state index is 0.00345. The molecule has 2 aromatic rings. The van der Waals surface area contributed by atoms with Crippen LogP contribution in [0.5, 0.6) is 11.5 Å². The van der Waals surface area contributed by atoms with Gasteiger partial charge in [-0.3, -0.25) is 9.89 Å². The predicted molar refractivity (Wildman–Crippen MR) is 83.0 cm³/mol. The Hall–Kier alpha value is -2.02. The molecule has 0 unspecified atom stereocenters. The summed E-state index contributed by atoms with van der Waals surface area (Å²) in [5.74, 6) is 2.91. The van der Waals surface area contributed by atoms with Gasteiger partial charge >= 0.3 is 0 Å². The van der Waals surface area contributed by atoms with E-state index in [9.17, 15) is 4.79 Å². The SMILES string of the molecule is COc1ccc(C(=O)CSc2n[nH]c(C3CC3)n2)cc1OC. The molecular weight excluding hydrogens is 302 g/mol. The van der Waals surface area contributed by atoms with Crippen LogP contribution >= 0.6 is 11.8 Å². The largest absolute Gasteiger partial charge is 0.493 e. The zero-order valence-corrected chi connectivity index (χ0v) is 13.3. The van der Waals surface area contributed by atoms with Crippen LogP contribution < -0.4 is 9.47 Å². The number of methoxy groups -OCH3 is 2. The molecule has 0 aliphatic heterocycles. The standard InChI is InChI=1S/C15H17N3O3S/c1-20-12-6-5-10(7-13(12)21-2)11(19)8-22-15-16-14(17-18-15)9-3-4-9/h5-7,9H,3-4,8H2,1-2H3,(H,16,17,18). The first kappa shape index (κ1) is 14.9. The van der Waals surface area contributed by atoms with Crippen molar-refractivity contribution in [1.29, 1.82) is 0 Å². The van der Waals surface area contributed by atoms with E-state index in [1.54, 1.807) is 32.4 Å². The molecule has 0 bridgehead atoms. The van der Waals surface area contributed by atoms with Crippen LogP contribution in [0.1, 0.15) is 34.9 Å². The molecule has 1 aliphatic carbocycles. The summed E-state index contributed by atoms with van der Waals surface area (Å²) in [6.45, 7) is 0. The molecule has 0 radical (unpaired) electrons. The molecule has 6 nitrogen and oxygen atoms in total. The number of ether oxygens (including phenoxy) is 2. The van der Waals surface area contributed by atoms with Gasteiger partial charge < -0.3 is 9.47 Å². The van der Waals surface area contributed by atoms with Gasteiger partial charge in [-0.15, -0.1) is 5.10 Å². The number of carbonyl (C=O) groups excluding carboxylic acids is 1. The van der Waals surface area contributed by atoms with Crippen LogP contribution in [0.4, 0.5) is 0 Å². The number of nitrogens with one attached hydrogen (secondary N) is 1. The average Bonchev–Trinajstić information content (AvgIpc) is 3.30. The Balaban J connectivity index is 1.63. The van der Waals surface area contributed by atoms with Crippen LogP contribution in [0.15, 0.2) is 23.4 Å². The number of nitrogens with zero attached hydrogens (tertiary/aromatic N) is 2. The van der Waals surface area contributed by atoms with Gasteiger partial charge in [0.15, 0.2) is 17.3 Å². The van der Waals surface area contributed by atoms with Gasteiger partial charge in [-0.25, -0.2) is 4.98 Å². The topological polar surface area (TPSA) is 77.1 Å². The molecule has 1 N–H and O–H groups in total. The maximum Gasteiger partial charge on any atom is 0.208 e. The molecule has 1 saturated carbocycles. The Kier molecular flexibility index (Phi) is 4.33. The van der Waals surface area contributed by atoms with E-state index in [2.05, 4.69) is 15.2 Å². The van der Waals surface area contributed by atoms with Gasteiger partial charge in [-0.2, -0.15) is 0 Å². The minimum Gasteiger partial charge on any atom is -0.493 e. The second kappa shape index (κ2) is 6.39. The lowest BCUT2D eigenvalue weighted by Crippen LogP contribution is -2.03. The Morgan fingerprint density at radius 3 is 2.77 bits per heavy atom. The van der Waals surface area contributed by atoms with Crippen molar-refractivity contribution in [3.8, 4) is 11.5 Å². The Morgan fingerprint density at radius 1 is 1.32 bits per heavy atom. The predicted octanol–water partition coefficient (Wildman–Crippen LogP) is 2.67. The number of Topliss-reactive ketones (excluding diaryl/α,β-unsaturated/α-hetero) is 1. The highest BCUT2D eigenvalue weighted by molar-refractivity contribution is 7.99. The summed E-state index contributed by atoms with van der Waals surface area (Å²) in [7, 11) is 3.11. The van der Waals surface area contributed by atoms with Crippen molar-refractivity contribution in [3.05, 3.63) is 29.6 Å². The summed E-state index contributed by atoms with van der Waals surface area (Å²) >= 11 is 1.34. The maximum atomic E-state index is 12.3. The highest BCUT2D eigenvalue weighted by Gasteiger charge is 2.27. The van der Waals surface area contributed by atoms with Crippen molar-refractivity contribution >= 4 is 17.5 Å². The Bertz CT molecular complexity index is 682. The van der Waals surface area contributed by atoms with Crippen molar-refractivity contribution in [1.82, 2.24) is 15.2 Å². The number of thioether (sulfide) groups is 1. The average molecular weight is 319 g/mol. The third-order valence-electron chi connectivity index (χ3n) is 3.48. The Morgan fingerprint density at radius 2 is 2.09 bits per heavy atom. The molecule has 1 aliphatic rings. The number of aromatic nitrogens is 3. The van der Waals surface area contributed by atoms with E-state index in [1.807, 2.05) is 0 Å².